The number of carbonyl (C=O) groups is 1. The lowest BCUT2D eigenvalue weighted by molar-refractivity contribution is -0.114. The zero-order chi connectivity index (χ0) is 22.7. The Morgan fingerprint density at radius 3 is 2.19 bits per heavy atom. The van der Waals surface area contributed by atoms with Crippen molar-refractivity contribution in [2.45, 2.75) is 20.1 Å². The van der Waals surface area contributed by atoms with Crippen LogP contribution in [0.25, 0.3) is 22.3 Å². The van der Waals surface area contributed by atoms with Gasteiger partial charge in [0, 0.05) is 18.1 Å². The monoisotopic (exact) mass is 460 g/mol. The number of aromatic hydroxyl groups is 1. The van der Waals surface area contributed by atoms with Crippen LogP contribution < -0.4 is 15.4 Å². The number of hydrogen-bond donors (Lipinski definition) is 4. The number of phenolic OH excluding ortho intramolecular Hbond substituents is 1. The molecule has 1 atom stereocenters. The van der Waals surface area contributed by atoms with Gasteiger partial charge in [0.25, 0.3) is 0 Å². The number of benzene rings is 3. The predicted octanol–water partition coefficient (Wildman–Crippen LogP) is 5.75. The highest BCUT2D eigenvalue weighted by Gasteiger charge is 2.16. The SMILES string of the molecule is COc1cc(-c2cccc(-c3cc(Cl)c(NC(C)=O)c(Cl)c3)c2O)ccc1NC(C)O. The first-order valence-corrected chi connectivity index (χ1v) is 10.2. The molecule has 0 aliphatic carbocycles. The van der Waals surface area contributed by atoms with Crippen LogP contribution in [0.5, 0.6) is 11.5 Å². The highest BCUT2D eigenvalue weighted by Crippen LogP contribution is 2.43. The molecule has 8 heteroatoms. The molecule has 4 N–H and O–H groups in total. The number of para-hydroxylation sites is 1. The van der Waals surface area contributed by atoms with E-state index < -0.39 is 6.23 Å². The summed E-state index contributed by atoms with van der Waals surface area (Å²) in [6, 6.07) is 14.0. The molecule has 3 aromatic rings. The van der Waals surface area contributed by atoms with Gasteiger partial charge in [0.2, 0.25) is 5.91 Å². The van der Waals surface area contributed by atoms with Gasteiger partial charge < -0.3 is 25.6 Å². The van der Waals surface area contributed by atoms with E-state index in [1.807, 2.05) is 12.1 Å². The van der Waals surface area contributed by atoms with E-state index in [4.69, 9.17) is 27.9 Å². The molecule has 0 aromatic heterocycles. The number of ether oxygens (including phenoxy) is 1. The van der Waals surface area contributed by atoms with Gasteiger partial charge in [-0.1, -0.05) is 47.5 Å². The molecular weight excluding hydrogens is 439 g/mol. The van der Waals surface area contributed by atoms with Gasteiger partial charge in [-0.2, -0.15) is 0 Å². The zero-order valence-corrected chi connectivity index (χ0v) is 18.7. The summed E-state index contributed by atoms with van der Waals surface area (Å²) in [6.07, 6.45) is -0.744. The molecule has 1 unspecified atom stereocenters. The van der Waals surface area contributed by atoms with Crippen molar-refractivity contribution in [3.05, 3.63) is 58.6 Å². The minimum atomic E-state index is -0.744. The molecule has 0 aliphatic heterocycles. The normalized spacial score (nSPS) is 11.7. The first-order chi connectivity index (χ1) is 14.7. The van der Waals surface area contributed by atoms with E-state index in [9.17, 15) is 15.0 Å². The van der Waals surface area contributed by atoms with Crippen molar-refractivity contribution in [3.8, 4) is 33.8 Å². The molecule has 0 spiro atoms. The average Bonchev–Trinajstić information content (AvgIpc) is 2.70. The van der Waals surface area contributed by atoms with E-state index in [0.29, 0.717) is 33.8 Å². The van der Waals surface area contributed by atoms with Crippen molar-refractivity contribution in [1.82, 2.24) is 0 Å². The molecule has 1 amide bonds. The van der Waals surface area contributed by atoms with Crippen molar-refractivity contribution < 1.29 is 19.7 Å². The van der Waals surface area contributed by atoms with Gasteiger partial charge in [-0.3, -0.25) is 4.79 Å². The van der Waals surface area contributed by atoms with Crippen LogP contribution in [-0.4, -0.2) is 29.5 Å². The summed E-state index contributed by atoms with van der Waals surface area (Å²) in [4.78, 5) is 11.4. The number of aliphatic hydroxyl groups is 1. The van der Waals surface area contributed by atoms with E-state index in [-0.39, 0.29) is 21.7 Å². The van der Waals surface area contributed by atoms with E-state index in [1.54, 1.807) is 43.3 Å². The summed E-state index contributed by atoms with van der Waals surface area (Å²) in [5, 5.41) is 26.6. The van der Waals surface area contributed by atoms with E-state index >= 15 is 0 Å². The smallest absolute Gasteiger partial charge is 0.221 e. The predicted molar refractivity (Wildman–Crippen MR) is 125 cm³/mol. The number of halogens is 2. The number of carbonyl (C=O) groups excluding carboxylic acids is 1. The Hall–Kier alpha value is -2.93. The van der Waals surface area contributed by atoms with Gasteiger partial charge in [-0.15, -0.1) is 0 Å². The van der Waals surface area contributed by atoms with Crippen LogP contribution in [0, 0.1) is 0 Å². The number of amides is 1. The molecule has 162 valence electrons. The first-order valence-electron chi connectivity index (χ1n) is 9.43. The fraction of sp³-hybridized carbons (Fsp3) is 0.174. The highest BCUT2D eigenvalue weighted by atomic mass is 35.5. The van der Waals surface area contributed by atoms with Crippen LogP contribution in [0.4, 0.5) is 11.4 Å². The molecule has 0 radical (unpaired) electrons. The fourth-order valence-corrected chi connectivity index (χ4v) is 3.82. The van der Waals surface area contributed by atoms with Crippen molar-refractivity contribution in [3.63, 3.8) is 0 Å². The quantitative estimate of drug-likeness (QED) is 0.351. The van der Waals surface area contributed by atoms with Gasteiger partial charge in [-0.25, -0.2) is 0 Å². The lowest BCUT2D eigenvalue weighted by Gasteiger charge is -2.16. The molecule has 0 fully saturated rings. The highest BCUT2D eigenvalue weighted by molar-refractivity contribution is 6.40. The van der Waals surface area contributed by atoms with Crippen LogP contribution in [0.2, 0.25) is 10.0 Å². The van der Waals surface area contributed by atoms with Crippen LogP contribution in [-0.2, 0) is 4.79 Å². The van der Waals surface area contributed by atoms with E-state index in [0.717, 1.165) is 5.56 Å². The Balaban J connectivity index is 2.06. The Morgan fingerprint density at radius 1 is 1.03 bits per heavy atom. The maximum atomic E-state index is 11.4. The molecule has 0 aliphatic rings. The van der Waals surface area contributed by atoms with Gasteiger partial charge in [0.15, 0.2) is 0 Å². The largest absolute Gasteiger partial charge is 0.507 e. The number of hydrogen-bond acceptors (Lipinski definition) is 5. The third-order valence-corrected chi connectivity index (χ3v) is 5.16. The lowest BCUT2D eigenvalue weighted by Crippen LogP contribution is -2.13. The molecular formula is C23H22Cl2N2O4. The topological polar surface area (TPSA) is 90.8 Å². The van der Waals surface area contributed by atoms with Crippen molar-refractivity contribution >= 4 is 40.5 Å². The van der Waals surface area contributed by atoms with Gasteiger partial charge in [0.05, 0.1) is 28.5 Å². The molecule has 3 aromatic carbocycles. The fourth-order valence-electron chi connectivity index (χ4n) is 3.24. The second kappa shape index (κ2) is 9.47. The summed E-state index contributed by atoms with van der Waals surface area (Å²) in [6.45, 7) is 2.97. The number of nitrogens with one attached hydrogen (secondary N) is 2. The second-order valence-corrected chi connectivity index (χ2v) is 7.75. The molecule has 31 heavy (non-hydrogen) atoms. The Labute approximate surface area is 190 Å². The first kappa shape index (κ1) is 22.7. The minimum absolute atomic E-state index is 0.0419. The number of phenols is 1. The standard InChI is InChI=1S/C23H22Cl2N2O4/c1-12(28)26-20-8-7-14(11-21(20)31-3)16-5-4-6-17(23(16)30)15-9-18(24)22(19(25)10-15)27-13(2)29/h4-12,26,28,30H,1-3H3,(H,27,29). The number of rotatable bonds is 6. The lowest BCUT2D eigenvalue weighted by atomic mass is 9.96. The number of anilines is 2. The average molecular weight is 461 g/mol. The summed E-state index contributed by atoms with van der Waals surface area (Å²) in [7, 11) is 1.53. The molecule has 0 bridgehead atoms. The summed E-state index contributed by atoms with van der Waals surface area (Å²) in [5.74, 6) is 0.276. The Morgan fingerprint density at radius 2 is 1.65 bits per heavy atom. The Kier molecular flexibility index (Phi) is 6.95. The van der Waals surface area contributed by atoms with Gasteiger partial charge in [-0.05, 0) is 42.3 Å². The van der Waals surface area contributed by atoms with Crippen LogP contribution in [0.15, 0.2) is 48.5 Å². The van der Waals surface area contributed by atoms with Gasteiger partial charge in [0.1, 0.15) is 17.7 Å². The van der Waals surface area contributed by atoms with Crippen LogP contribution in [0.3, 0.4) is 0 Å². The zero-order valence-electron chi connectivity index (χ0n) is 17.2. The molecule has 3 rings (SSSR count). The summed E-state index contributed by atoms with van der Waals surface area (Å²) < 4.78 is 5.41. The molecule has 0 saturated carbocycles. The summed E-state index contributed by atoms with van der Waals surface area (Å²) in [5.41, 5.74) is 3.38. The molecule has 6 nitrogen and oxygen atoms in total. The summed E-state index contributed by atoms with van der Waals surface area (Å²) >= 11 is 12.6. The van der Waals surface area contributed by atoms with Gasteiger partial charge >= 0.3 is 0 Å². The molecule has 0 saturated heterocycles. The van der Waals surface area contributed by atoms with Crippen LogP contribution >= 0.6 is 23.2 Å². The maximum absolute atomic E-state index is 11.4. The minimum Gasteiger partial charge on any atom is -0.507 e. The third kappa shape index (κ3) is 5.05. The number of aliphatic hydroxyl groups excluding tert-OH is 1. The van der Waals surface area contributed by atoms with E-state index in [1.165, 1.54) is 14.0 Å². The van der Waals surface area contributed by atoms with Crippen molar-refractivity contribution in [2.24, 2.45) is 0 Å². The Bertz CT molecular complexity index is 1110. The van der Waals surface area contributed by atoms with E-state index in [2.05, 4.69) is 10.6 Å². The van der Waals surface area contributed by atoms with Crippen LogP contribution in [0.1, 0.15) is 13.8 Å². The maximum Gasteiger partial charge on any atom is 0.221 e. The third-order valence-electron chi connectivity index (χ3n) is 4.57. The van der Waals surface area contributed by atoms with Crippen molar-refractivity contribution in [2.75, 3.05) is 17.7 Å². The molecule has 0 heterocycles. The second-order valence-electron chi connectivity index (χ2n) is 6.93. The number of methoxy groups -OCH3 is 1. The van der Waals surface area contributed by atoms with Crippen molar-refractivity contribution in [1.29, 1.82) is 0 Å².